The third kappa shape index (κ3) is 4.47. The Labute approximate surface area is 153 Å². The van der Waals surface area contributed by atoms with E-state index in [0.29, 0.717) is 22.5 Å². The first-order chi connectivity index (χ1) is 12.5. The molecule has 3 aromatic rings. The molecular weight excluding hydrogens is 366 g/mol. The summed E-state index contributed by atoms with van der Waals surface area (Å²) in [4.78, 5) is 17.2. The Balaban J connectivity index is 0.000000552. The van der Waals surface area contributed by atoms with Crippen molar-refractivity contribution < 1.29 is 18.3 Å². The second-order valence-corrected chi connectivity index (χ2v) is 5.42. The van der Waals surface area contributed by atoms with Crippen molar-refractivity contribution in [1.82, 2.24) is 15.3 Å². The van der Waals surface area contributed by atoms with E-state index in [0.717, 1.165) is 18.7 Å². The standard InChI is InChI=1S/C14H8ClF2N3O2.C3H9N/c15-8-5-19-14-12(8)11(1-2-18-14)22-13-9(16)3-7(20-6-21)4-10(13)17;1-3-4-2/h1-6H,(H,18,19)(H,20,21);4H,3H2,1-2H3. The number of carbonyl (C=O) groups excluding carboxylic acids is 1. The molecule has 0 aliphatic heterocycles. The molecule has 0 saturated heterocycles. The number of aromatic nitrogens is 2. The van der Waals surface area contributed by atoms with E-state index < -0.39 is 17.4 Å². The molecule has 9 heteroatoms. The first kappa shape index (κ1) is 19.6. The Morgan fingerprint density at radius 3 is 2.58 bits per heavy atom. The number of carbonyl (C=O) groups is 1. The summed E-state index contributed by atoms with van der Waals surface area (Å²) in [6.07, 6.45) is 3.24. The van der Waals surface area contributed by atoms with E-state index in [1.54, 1.807) is 0 Å². The highest BCUT2D eigenvalue weighted by Gasteiger charge is 2.17. The molecule has 138 valence electrons. The van der Waals surface area contributed by atoms with Crippen LogP contribution in [0.5, 0.6) is 11.5 Å². The van der Waals surface area contributed by atoms with E-state index in [-0.39, 0.29) is 11.4 Å². The number of aromatic amines is 1. The number of benzene rings is 1. The van der Waals surface area contributed by atoms with Crippen LogP contribution in [-0.4, -0.2) is 30.0 Å². The molecule has 0 bridgehead atoms. The molecule has 0 radical (unpaired) electrons. The average molecular weight is 383 g/mol. The third-order valence-corrected chi connectivity index (χ3v) is 3.57. The number of pyridine rings is 1. The lowest BCUT2D eigenvalue weighted by atomic mass is 10.2. The van der Waals surface area contributed by atoms with Gasteiger partial charge in [0.05, 0.1) is 10.4 Å². The van der Waals surface area contributed by atoms with E-state index in [2.05, 4.69) is 27.5 Å². The Bertz CT molecular complexity index is 877. The van der Waals surface area contributed by atoms with Gasteiger partial charge in [-0.25, -0.2) is 13.8 Å². The highest BCUT2D eigenvalue weighted by Crippen LogP contribution is 2.36. The van der Waals surface area contributed by atoms with Gasteiger partial charge in [-0.3, -0.25) is 4.79 Å². The number of hydrogen-bond donors (Lipinski definition) is 3. The van der Waals surface area contributed by atoms with Crippen LogP contribution < -0.4 is 15.4 Å². The van der Waals surface area contributed by atoms with Crippen LogP contribution in [0.3, 0.4) is 0 Å². The number of nitrogens with zero attached hydrogens (tertiary/aromatic N) is 1. The topological polar surface area (TPSA) is 79.0 Å². The van der Waals surface area contributed by atoms with Crippen LogP contribution in [0.4, 0.5) is 14.5 Å². The molecule has 0 aliphatic rings. The lowest BCUT2D eigenvalue weighted by Gasteiger charge is -2.10. The van der Waals surface area contributed by atoms with Gasteiger partial charge in [0.1, 0.15) is 11.4 Å². The number of rotatable bonds is 5. The van der Waals surface area contributed by atoms with Gasteiger partial charge in [-0.05, 0) is 19.7 Å². The molecule has 3 N–H and O–H groups in total. The highest BCUT2D eigenvalue weighted by atomic mass is 35.5. The second kappa shape index (κ2) is 9.12. The predicted octanol–water partition coefficient (Wildman–Crippen LogP) is 4.08. The van der Waals surface area contributed by atoms with Crippen LogP contribution in [0.25, 0.3) is 11.0 Å². The van der Waals surface area contributed by atoms with E-state index in [9.17, 15) is 13.6 Å². The molecule has 0 atom stereocenters. The fourth-order valence-electron chi connectivity index (χ4n) is 1.99. The second-order valence-electron chi connectivity index (χ2n) is 5.01. The highest BCUT2D eigenvalue weighted by molar-refractivity contribution is 6.36. The monoisotopic (exact) mass is 382 g/mol. The van der Waals surface area contributed by atoms with E-state index in [1.165, 1.54) is 18.5 Å². The summed E-state index contributed by atoms with van der Waals surface area (Å²) in [7, 11) is 1.93. The van der Waals surface area contributed by atoms with Crippen molar-refractivity contribution in [3.63, 3.8) is 0 Å². The predicted molar refractivity (Wildman–Crippen MR) is 96.8 cm³/mol. The van der Waals surface area contributed by atoms with Crippen molar-refractivity contribution in [3.05, 3.63) is 47.2 Å². The largest absolute Gasteiger partial charge is 0.450 e. The number of H-pyrrole nitrogens is 1. The van der Waals surface area contributed by atoms with E-state index in [4.69, 9.17) is 16.3 Å². The molecule has 0 saturated carbocycles. The molecule has 1 aromatic carbocycles. The van der Waals surface area contributed by atoms with Gasteiger partial charge in [0.2, 0.25) is 6.41 Å². The summed E-state index contributed by atoms with van der Waals surface area (Å²) in [5.74, 6) is -2.35. The van der Waals surface area contributed by atoms with Crippen LogP contribution in [0, 0.1) is 11.6 Å². The minimum Gasteiger partial charge on any atom is -0.450 e. The Morgan fingerprint density at radius 2 is 2.00 bits per heavy atom. The number of fused-ring (bicyclic) bond motifs is 1. The molecule has 26 heavy (non-hydrogen) atoms. The van der Waals surface area contributed by atoms with E-state index in [1.807, 2.05) is 7.05 Å². The molecule has 0 fully saturated rings. The van der Waals surface area contributed by atoms with Gasteiger partial charge in [-0.15, -0.1) is 0 Å². The molecule has 2 aromatic heterocycles. The van der Waals surface area contributed by atoms with Gasteiger partial charge < -0.3 is 20.4 Å². The summed E-state index contributed by atoms with van der Waals surface area (Å²) >= 11 is 6.00. The Morgan fingerprint density at radius 1 is 1.35 bits per heavy atom. The molecule has 0 unspecified atom stereocenters. The van der Waals surface area contributed by atoms with Crippen molar-refractivity contribution in [2.75, 3.05) is 18.9 Å². The normalized spacial score (nSPS) is 10.2. The fourth-order valence-corrected chi connectivity index (χ4v) is 2.23. The van der Waals surface area contributed by atoms with Gasteiger partial charge in [0.25, 0.3) is 0 Å². The first-order valence-electron chi connectivity index (χ1n) is 7.65. The third-order valence-electron chi connectivity index (χ3n) is 3.28. The van der Waals surface area contributed by atoms with Gasteiger partial charge in [0.15, 0.2) is 17.4 Å². The molecule has 1 amide bonds. The number of anilines is 1. The van der Waals surface area contributed by atoms with Crippen molar-refractivity contribution >= 4 is 34.7 Å². The van der Waals surface area contributed by atoms with Crippen LogP contribution in [0.2, 0.25) is 5.02 Å². The maximum Gasteiger partial charge on any atom is 0.211 e. The van der Waals surface area contributed by atoms with Crippen molar-refractivity contribution in [2.24, 2.45) is 0 Å². The van der Waals surface area contributed by atoms with Gasteiger partial charge >= 0.3 is 0 Å². The van der Waals surface area contributed by atoms with Gasteiger partial charge in [0, 0.05) is 30.2 Å². The average Bonchev–Trinajstić information content (AvgIpc) is 3.01. The van der Waals surface area contributed by atoms with Crippen molar-refractivity contribution in [3.8, 4) is 11.5 Å². The quantitative estimate of drug-likeness (QED) is 0.581. The number of hydrogen-bond acceptors (Lipinski definition) is 4. The zero-order valence-corrected chi connectivity index (χ0v) is 14.8. The minimum absolute atomic E-state index is 0.0168. The summed E-state index contributed by atoms with van der Waals surface area (Å²) in [6.45, 7) is 3.14. The number of nitrogens with one attached hydrogen (secondary N) is 3. The van der Waals surface area contributed by atoms with Crippen LogP contribution in [0.15, 0.2) is 30.6 Å². The lowest BCUT2D eigenvalue weighted by molar-refractivity contribution is -0.105. The molecule has 0 aliphatic carbocycles. The molecule has 3 rings (SSSR count). The molecule has 2 heterocycles. The van der Waals surface area contributed by atoms with Gasteiger partial charge in [-0.1, -0.05) is 18.5 Å². The molecule has 0 spiro atoms. The zero-order chi connectivity index (χ0) is 19.1. The molecular formula is C17H17ClF2N4O2. The zero-order valence-electron chi connectivity index (χ0n) is 14.1. The maximum atomic E-state index is 14.0. The number of halogens is 3. The van der Waals surface area contributed by atoms with Crippen molar-refractivity contribution in [1.29, 1.82) is 0 Å². The molecule has 6 nitrogen and oxygen atoms in total. The van der Waals surface area contributed by atoms with E-state index >= 15 is 0 Å². The fraction of sp³-hybridized carbons (Fsp3) is 0.176. The summed E-state index contributed by atoms with van der Waals surface area (Å²) < 4.78 is 33.3. The first-order valence-corrected chi connectivity index (χ1v) is 8.02. The minimum atomic E-state index is -0.957. The Kier molecular flexibility index (Phi) is 6.88. The summed E-state index contributed by atoms with van der Waals surface area (Å²) in [6, 6.07) is 3.34. The summed E-state index contributed by atoms with van der Waals surface area (Å²) in [5.41, 5.74) is 0.416. The smallest absolute Gasteiger partial charge is 0.211 e. The number of amides is 1. The Hall–Kier alpha value is -2.71. The summed E-state index contributed by atoms with van der Waals surface area (Å²) in [5, 5.41) is 5.83. The maximum absolute atomic E-state index is 14.0. The van der Waals surface area contributed by atoms with Gasteiger partial charge in [-0.2, -0.15) is 0 Å². The van der Waals surface area contributed by atoms with Crippen LogP contribution in [0.1, 0.15) is 6.92 Å². The van der Waals surface area contributed by atoms with Crippen LogP contribution in [-0.2, 0) is 4.79 Å². The van der Waals surface area contributed by atoms with Crippen LogP contribution >= 0.6 is 11.6 Å². The van der Waals surface area contributed by atoms with Crippen molar-refractivity contribution in [2.45, 2.75) is 6.92 Å². The number of ether oxygens (including phenoxy) is 1. The lowest BCUT2D eigenvalue weighted by Crippen LogP contribution is -2.01. The SMILES string of the molecule is CCNC.O=CNc1cc(F)c(Oc2ccnc3[nH]cc(Cl)c23)c(F)c1.